The number of ether oxygens (including phenoxy) is 3. The molecule has 5 nitrogen and oxygen atoms in total. The minimum atomic E-state index is 0.627. The van der Waals surface area contributed by atoms with Crippen molar-refractivity contribution >= 4 is 0 Å². The second kappa shape index (κ2) is 15.8. The molecule has 0 spiro atoms. The number of nitrogens with two attached hydrogens (primary N) is 1. The lowest BCUT2D eigenvalue weighted by atomic mass is 10.5. The molecule has 3 N–H and O–H groups in total. The summed E-state index contributed by atoms with van der Waals surface area (Å²) in [7, 11) is 0. The summed E-state index contributed by atoms with van der Waals surface area (Å²) in [6.07, 6.45) is 2.07. The fourth-order valence-electron chi connectivity index (χ4n) is 1.17. The van der Waals surface area contributed by atoms with E-state index >= 15 is 0 Å². The van der Waals surface area contributed by atoms with Crippen molar-refractivity contribution in [1.29, 1.82) is 0 Å². The van der Waals surface area contributed by atoms with E-state index in [0.717, 1.165) is 39.1 Å². The molecule has 0 rings (SSSR count). The maximum Gasteiger partial charge on any atom is 0.0701 e. The molecule has 0 aromatic carbocycles. The highest BCUT2D eigenvalue weighted by atomic mass is 16.5. The molecule has 0 bridgehead atoms. The first kappa shape index (κ1) is 16.8. The molecular weight excluding hydrogens is 220 g/mol. The molecular formula is C12H28N2O3. The van der Waals surface area contributed by atoms with Gasteiger partial charge in [-0.2, -0.15) is 0 Å². The van der Waals surface area contributed by atoms with Gasteiger partial charge in [0.15, 0.2) is 0 Å². The Hall–Kier alpha value is -0.200. The standard InChI is InChI=1S/C12H28N2O3/c1-2-5-14-6-8-16-10-12-17-11-9-15-7-3-4-13/h14H,2-13H2,1H3. The van der Waals surface area contributed by atoms with Crippen molar-refractivity contribution in [2.75, 3.05) is 59.3 Å². The van der Waals surface area contributed by atoms with Crippen molar-refractivity contribution in [2.45, 2.75) is 19.8 Å². The van der Waals surface area contributed by atoms with Gasteiger partial charge in [-0.15, -0.1) is 0 Å². The van der Waals surface area contributed by atoms with Crippen LogP contribution in [0.1, 0.15) is 19.8 Å². The molecule has 0 atom stereocenters. The van der Waals surface area contributed by atoms with Crippen LogP contribution in [0.5, 0.6) is 0 Å². The van der Waals surface area contributed by atoms with Gasteiger partial charge in [-0.3, -0.25) is 0 Å². The molecule has 0 heterocycles. The van der Waals surface area contributed by atoms with Gasteiger partial charge in [0, 0.05) is 13.2 Å². The molecule has 0 amide bonds. The van der Waals surface area contributed by atoms with Crippen molar-refractivity contribution in [2.24, 2.45) is 5.73 Å². The van der Waals surface area contributed by atoms with Gasteiger partial charge < -0.3 is 25.3 Å². The second-order valence-corrected chi connectivity index (χ2v) is 3.73. The summed E-state index contributed by atoms with van der Waals surface area (Å²) in [5.74, 6) is 0. The largest absolute Gasteiger partial charge is 0.379 e. The number of hydrogen-bond acceptors (Lipinski definition) is 5. The Morgan fingerprint density at radius 3 is 2.00 bits per heavy atom. The van der Waals surface area contributed by atoms with Crippen molar-refractivity contribution in [3.05, 3.63) is 0 Å². The topological polar surface area (TPSA) is 65.7 Å². The highest BCUT2D eigenvalue weighted by molar-refractivity contribution is 4.43. The van der Waals surface area contributed by atoms with Crippen molar-refractivity contribution < 1.29 is 14.2 Å². The normalized spacial score (nSPS) is 10.9. The van der Waals surface area contributed by atoms with Gasteiger partial charge in [-0.1, -0.05) is 6.92 Å². The van der Waals surface area contributed by atoms with Gasteiger partial charge in [-0.25, -0.2) is 0 Å². The molecule has 0 fully saturated rings. The summed E-state index contributed by atoms with van der Waals surface area (Å²) in [4.78, 5) is 0. The zero-order valence-electron chi connectivity index (χ0n) is 11.1. The molecule has 0 aliphatic carbocycles. The molecule has 0 radical (unpaired) electrons. The molecule has 17 heavy (non-hydrogen) atoms. The first-order chi connectivity index (χ1) is 8.41. The quantitative estimate of drug-likeness (QED) is 0.435. The number of rotatable bonds is 14. The van der Waals surface area contributed by atoms with Gasteiger partial charge in [-0.05, 0) is 25.9 Å². The predicted octanol–water partition coefficient (Wildman–Crippen LogP) is 0.385. The van der Waals surface area contributed by atoms with E-state index in [1.165, 1.54) is 0 Å². The second-order valence-electron chi connectivity index (χ2n) is 3.73. The van der Waals surface area contributed by atoms with Crippen LogP contribution in [0, 0.1) is 0 Å². The van der Waals surface area contributed by atoms with Crippen molar-refractivity contribution in [3.8, 4) is 0 Å². The Morgan fingerprint density at radius 1 is 0.824 bits per heavy atom. The summed E-state index contributed by atoms with van der Waals surface area (Å²) in [6.45, 7) is 8.81. The summed E-state index contributed by atoms with van der Waals surface area (Å²) < 4.78 is 16.0. The van der Waals surface area contributed by atoms with Crippen LogP contribution >= 0.6 is 0 Å². The summed E-state index contributed by atoms with van der Waals surface area (Å²) >= 11 is 0. The Balaban J connectivity index is 2.85. The molecule has 0 aromatic heterocycles. The number of nitrogens with one attached hydrogen (secondary N) is 1. The predicted molar refractivity (Wildman–Crippen MR) is 69.3 cm³/mol. The highest BCUT2D eigenvalue weighted by Crippen LogP contribution is 1.83. The maximum absolute atomic E-state index is 5.38. The Labute approximate surface area is 105 Å². The molecule has 0 saturated heterocycles. The third-order valence-electron chi connectivity index (χ3n) is 2.09. The first-order valence-corrected chi connectivity index (χ1v) is 6.55. The van der Waals surface area contributed by atoms with Gasteiger partial charge in [0.25, 0.3) is 0 Å². The van der Waals surface area contributed by atoms with Crippen LogP contribution < -0.4 is 11.1 Å². The van der Waals surface area contributed by atoms with E-state index < -0.39 is 0 Å². The van der Waals surface area contributed by atoms with Crippen molar-refractivity contribution in [3.63, 3.8) is 0 Å². The average molecular weight is 248 g/mol. The van der Waals surface area contributed by atoms with Crippen LogP contribution in [-0.4, -0.2) is 59.3 Å². The van der Waals surface area contributed by atoms with E-state index in [1.807, 2.05) is 0 Å². The van der Waals surface area contributed by atoms with Gasteiger partial charge in [0.1, 0.15) is 0 Å². The minimum absolute atomic E-state index is 0.627. The smallest absolute Gasteiger partial charge is 0.0701 e. The van der Waals surface area contributed by atoms with E-state index in [4.69, 9.17) is 19.9 Å². The first-order valence-electron chi connectivity index (χ1n) is 6.55. The summed E-state index contributed by atoms with van der Waals surface area (Å²) in [5.41, 5.74) is 5.33. The Kier molecular flexibility index (Phi) is 15.6. The van der Waals surface area contributed by atoms with Crippen molar-refractivity contribution in [1.82, 2.24) is 5.32 Å². The third kappa shape index (κ3) is 15.8. The van der Waals surface area contributed by atoms with Crippen LogP contribution in [0.15, 0.2) is 0 Å². The third-order valence-corrected chi connectivity index (χ3v) is 2.09. The van der Waals surface area contributed by atoms with E-state index in [0.29, 0.717) is 33.0 Å². The van der Waals surface area contributed by atoms with E-state index in [-0.39, 0.29) is 0 Å². The van der Waals surface area contributed by atoms with Gasteiger partial charge >= 0.3 is 0 Å². The molecule has 0 aliphatic rings. The molecule has 104 valence electrons. The van der Waals surface area contributed by atoms with Crippen LogP contribution in [0.2, 0.25) is 0 Å². The fourth-order valence-corrected chi connectivity index (χ4v) is 1.17. The number of hydrogen-bond donors (Lipinski definition) is 2. The van der Waals surface area contributed by atoms with E-state index in [1.54, 1.807) is 0 Å². The van der Waals surface area contributed by atoms with Crippen LogP contribution in [0.25, 0.3) is 0 Å². The zero-order chi connectivity index (χ0) is 12.6. The lowest BCUT2D eigenvalue weighted by Gasteiger charge is -2.07. The summed E-state index contributed by atoms with van der Waals surface area (Å²) in [5, 5.41) is 3.27. The zero-order valence-corrected chi connectivity index (χ0v) is 11.1. The summed E-state index contributed by atoms with van der Waals surface area (Å²) in [6, 6.07) is 0. The van der Waals surface area contributed by atoms with Gasteiger partial charge in [0.05, 0.1) is 33.0 Å². The maximum atomic E-state index is 5.38. The van der Waals surface area contributed by atoms with E-state index in [2.05, 4.69) is 12.2 Å². The molecule has 0 aliphatic heterocycles. The monoisotopic (exact) mass is 248 g/mol. The lowest BCUT2D eigenvalue weighted by Crippen LogP contribution is -2.21. The minimum Gasteiger partial charge on any atom is -0.379 e. The highest BCUT2D eigenvalue weighted by Gasteiger charge is 1.91. The Morgan fingerprint density at radius 2 is 1.41 bits per heavy atom. The Bertz CT molecular complexity index is 123. The average Bonchev–Trinajstić information content (AvgIpc) is 2.35. The fraction of sp³-hybridized carbons (Fsp3) is 1.00. The molecule has 5 heteroatoms. The van der Waals surface area contributed by atoms with Crippen LogP contribution in [-0.2, 0) is 14.2 Å². The van der Waals surface area contributed by atoms with Crippen LogP contribution in [0.3, 0.4) is 0 Å². The molecule has 0 aromatic rings. The molecule has 0 unspecified atom stereocenters. The van der Waals surface area contributed by atoms with E-state index in [9.17, 15) is 0 Å². The van der Waals surface area contributed by atoms with Crippen LogP contribution in [0.4, 0.5) is 0 Å². The van der Waals surface area contributed by atoms with Gasteiger partial charge in [0.2, 0.25) is 0 Å². The molecule has 0 saturated carbocycles. The SMILES string of the molecule is CCCNCCOCCOCCOCCCN. The lowest BCUT2D eigenvalue weighted by molar-refractivity contribution is 0.0150.